The molecule has 8 nitrogen and oxygen atoms in total. The average Bonchev–Trinajstić information content (AvgIpc) is 3.18. The standard InChI is InChI=1S/C22H29N5O3/c1-13-4-7-22(8-5-13)20(29)27(21(30)26-22)12-19(28)23-9-6-18-24-16-10-14(2)15(3)11-17(16)25-18/h10-11,13H,4-9,12H2,1-3H3,(H,23,28)(H,24,25)(H,26,30). The highest BCUT2D eigenvalue weighted by Gasteiger charge is 2.52. The summed E-state index contributed by atoms with van der Waals surface area (Å²) in [6, 6.07) is 3.65. The Hall–Kier alpha value is -2.90. The summed E-state index contributed by atoms with van der Waals surface area (Å²) < 4.78 is 0. The number of aromatic amines is 1. The monoisotopic (exact) mass is 411 g/mol. The third-order valence-corrected chi connectivity index (χ3v) is 6.51. The Morgan fingerprint density at radius 1 is 1.23 bits per heavy atom. The molecule has 30 heavy (non-hydrogen) atoms. The maximum absolute atomic E-state index is 12.8. The average molecular weight is 412 g/mol. The van der Waals surface area contributed by atoms with Crippen molar-refractivity contribution in [3.63, 3.8) is 0 Å². The summed E-state index contributed by atoms with van der Waals surface area (Å²) >= 11 is 0. The number of imidazole rings is 1. The summed E-state index contributed by atoms with van der Waals surface area (Å²) in [6.45, 7) is 6.40. The molecule has 160 valence electrons. The largest absolute Gasteiger partial charge is 0.354 e. The molecule has 3 N–H and O–H groups in total. The molecule has 1 aliphatic heterocycles. The van der Waals surface area contributed by atoms with E-state index in [0.717, 1.165) is 34.6 Å². The lowest BCUT2D eigenvalue weighted by Crippen LogP contribution is -2.50. The SMILES string of the molecule is Cc1cc2nc(CCNC(=O)CN3C(=O)NC4(CCC(C)CC4)C3=O)[nH]c2cc1C. The molecule has 1 aromatic carbocycles. The van der Waals surface area contributed by atoms with Gasteiger partial charge in [-0.05, 0) is 68.7 Å². The quantitative estimate of drug-likeness (QED) is 0.657. The van der Waals surface area contributed by atoms with Crippen molar-refractivity contribution in [1.29, 1.82) is 0 Å². The highest BCUT2D eigenvalue weighted by Crippen LogP contribution is 2.36. The van der Waals surface area contributed by atoms with Gasteiger partial charge < -0.3 is 15.6 Å². The van der Waals surface area contributed by atoms with Crippen LogP contribution in [-0.2, 0) is 16.0 Å². The zero-order chi connectivity index (χ0) is 21.5. The van der Waals surface area contributed by atoms with E-state index in [2.05, 4.69) is 47.4 Å². The van der Waals surface area contributed by atoms with Crippen molar-refractivity contribution < 1.29 is 14.4 Å². The van der Waals surface area contributed by atoms with Gasteiger partial charge in [0.1, 0.15) is 17.9 Å². The first-order valence-electron chi connectivity index (χ1n) is 10.6. The number of carbonyl (C=O) groups is 3. The van der Waals surface area contributed by atoms with Gasteiger partial charge in [-0.2, -0.15) is 0 Å². The minimum atomic E-state index is -0.811. The fourth-order valence-corrected chi connectivity index (χ4v) is 4.37. The topological polar surface area (TPSA) is 107 Å². The number of hydrogen-bond acceptors (Lipinski definition) is 4. The second-order valence-corrected chi connectivity index (χ2v) is 8.82. The highest BCUT2D eigenvalue weighted by atomic mass is 16.2. The molecule has 1 aliphatic carbocycles. The molecular formula is C22H29N5O3. The molecule has 1 saturated heterocycles. The number of amides is 4. The van der Waals surface area contributed by atoms with Crippen LogP contribution in [0.1, 0.15) is 49.6 Å². The van der Waals surface area contributed by atoms with Crippen LogP contribution in [0.15, 0.2) is 12.1 Å². The third kappa shape index (κ3) is 3.78. The highest BCUT2D eigenvalue weighted by molar-refractivity contribution is 6.09. The summed E-state index contributed by atoms with van der Waals surface area (Å²) in [5.41, 5.74) is 3.46. The van der Waals surface area contributed by atoms with E-state index in [4.69, 9.17) is 0 Å². The van der Waals surface area contributed by atoms with Crippen LogP contribution in [-0.4, -0.2) is 51.3 Å². The molecule has 0 bridgehead atoms. The Kier molecular flexibility index (Phi) is 5.26. The van der Waals surface area contributed by atoms with Crippen LogP contribution in [0.25, 0.3) is 11.0 Å². The number of fused-ring (bicyclic) bond motifs is 1. The van der Waals surface area contributed by atoms with Gasteiger partial charge in [0.15, 0.2) is 0 Å². The van der Waals surface area contributed by atoms with E-state index in [0.29, 0.717) is 31.7 Å². The first kappa shape index (κ1) is 20.4. The molecule has 2 fully saturated rings. The minimum Gasteiger partial charge on any atom is -0.354 e. The van der Waals surface area contributed by atoms with Crippen LogP contribution in [0.2, 0.25) is 0 Å². The van der Waals surface area contributed by atoms with Crippen molar-refractivity contribution in [1.82, 2.24) is 25.5 Å². The number of nitrogens with one attached hydrogen (secondary N) is 3. The first-order chi connectivity index (χ1) is 14.3. The normalized spacial score (nSPS) is 24.0. The van der Waals surface area contributed by atoms with Gasteiger partial charge in [-0.1, -0.05) is 6.92 Å². The molecule has 0 unspecified atom stereocenters. The predicted octanol–water partition coefficient (Wildman–Crippen LogP) is 2.34. The number of imide groups is 1. The number of nitrogens with zero attached hydrogens (tertiary/aromatic N) is 2. The van der Waals surface area contributed by atoms with Crippen molar-refractivity contribution in [3.8, 4) is 0 Å². The molecule has 1 aromatic heterocycles. The summed E-state index contributed by atoms with van der Waals surface area (Å²) in [4.78, 5) is 46.4. The first-order valence-corrected chi connectivity index (χ1v) is 10.6. The van der Waals surface area contributed by atoms with Crippen LogP contribution in [0.4, 0.5) is 4.79 Å². The molecule has 1 saturated carbocycles. The fraction of sp³-hybridized carbons (Fsp3) is 0.545. The Morgan fingerprint density at radius 3 is 2.67 bits per heavy atom. The lowest BCUT2D eigenvalue weighted by atomic mass is 9.77. The third-order valence-electron chi connectivity index (χ3n) is 6.51. The number of H-pyrrole nitrogens is 1. The zero-order valence-corrected chi connectivity index (χ0v) is 17.8. The molecule has 8 heteroatoms. The second-order valence-electron chi connectivity index (χ2n) is 8.82. The zero-order valence-electron chi connectivity index (χ0n) is 17.8. The van der Waals surface area contributed by atoms with E-state index in [-0.39, 0.29) is 18.4 Å². The Bertz CT molecular complexity index is 965. The number of aryl methyl sites for hydroxylation is 2. The lowest BCUT2D eigenvalue weighted by molar-refractivity contribution is -0.136. The van der Waals surface area contributed by atoms with Crippen molar-refractivity contribution in [2.75, 3.05) is 13.1 Å². The predicted molar refractivity (Wildman–Crippen MR) is 113 cm³/mol. The van der Waals surface area contributed by atoms with Crippen LogP contribution >= 0.6 is 0 Å². The fourth-order valence-electron chi connectivity index (χ4n) is 4.37. The molecule has 4 rings (SSSR count). The van der Waals surface area contributed by atoms with Crippen LogP contribution in [0.5, 0.6) is 0 Å². The molecule has 0 radical (unpaired) electrons. The Balaban J connectivity index is 1.31. The number of aromatic nitrogens is 2. The maximum atomic E-state index is 12.8. The smallest absolute Gasteiger partial charge is 0.325 e. The van der Waals surface area contributed by atoms with E-state index in [9.17, 15) is 14.4 Å². The van der Waals surface area contributed by atoms with E-state index < -0.39 is 11.6 Å². The van der Waals surface area contributed by atoms with E-state index in [1.165, 1.54) is 11.1 Å². The summed E-state index contributed by atoms with van der Waals surface area (Å²) in [5, 5.41) is 5.64. The van der Waals surface area contributed by atoms with Crippen molar-refractivity contribution in [2.45, 2.75) is 58.4 Å². The van der Waals surface area contributed by atoms with Gasteiger partial charge >= 0.3 is 6.03 Å². The second kappa shape index (κ2) is 7.74. The Labute approximate surface area is 175 Å². The molecule has 2 aliphatic rings. The Morgan fingerprint density at radius 2 is 1.93 bits per heavy atom. The van der Waals surface area contributed by atoms with Crippen molar-refractivity contribution in [2.24, 2.45) is 5.92 Å². The summed E-state index contributed by atoms with van der Waals surface area (Å²) in [6.07, 6.45) is 3.63. The summed E-state index contributed by atoms with van der Waals surface area (Å²) in [5.74, 6) is 0.740. The number of urea groups is 1. The van der Waals surface area contributed by atoms with Gasteiger partial charge in [0.05, 0.1) is 11.0 Å². The summed E-state index contributed by atoms with van der Waals surface area (Å²) in [7, 11) is 0. The van der Waals surface area contributed by atoms with Crippen LogP contribution in [0.3, 0.4) is 0 Å². The number of carbonyl (C=O) groups excluding carboxylic acids is 3. The van der Waals surface area contributed by atoms with Gasteiger partial charge in [0.25, 0.3) is 5.91 Å². The van der Waals surface area contributed by atoms with Gasteiger partial charge in [0.2, 0.25) is 5.91 Å². The lowest BCUT2D eigenvalue weighted by Gasteiger charge is -2.33. The number of rotatable bonds is 5. The molecule has 2 aromatic rings. The van der Waals surface area contributed by atoms with E-state index in [1.807, 2.05) is 6.07 Å². The molecule has 2 heterocycles. The molecule has 0 atom stereocenters. The van der Waals surface area contributed by atoms with Gasteiger partial charge in [0, 0.05) is 13.0 Å². The van der Waals surface area contributed by atoms with Gasteiger partial charge in [-0.3, -0.25) is 14.5 Å². The maximum Gasteiger partial charge on any atom is 0.325 e. The minimum absolute atomic E-state index is 0.250. The van der Waals surface area contributed by atoms with Crippen molar-refractivity contribution >= 4 is 28.9 Å². The number of benzene rings is 1. The van der Waals surface area contributed by atoms with Gasteiger partial charge in [-0.15, -0.1) is 0 Å². The van der Waals surface area contributed by atoms with E-state index in [1.54, 1.807) is 0 Å². The number of hydrogen-bond donors (Lipinski definition) is 3. The van der Waals surface area contributed by atoms with Crippen LogP contribution < -0.4 is 10.6 Å². The van der Waals surface area contributed by atoms with Crippen molar-refractivity contribution in [3.05, 3.63) is 29.1 Å². The molecule has 4 amide bonds. The van der Waals surface area contributed by atoms with Gasteiger partial charge in [-0.25, -0.2) is 9.78 Å². The molecule has 1 spiro atoms. The van der Waals surface area contributed by atoms with E-state index >= 15 is 0 Å². The molecular weight excluding hydrogens is 382 g/mol. The van der Waals surface area contributed by atoms with Crippen LogP contribution in [0, 0.1) is 19.8 Å².